The van der Waals surface area contributed by atoms with Crippen LogP contribution in [-0.4, -0.2) is 42.9 Å². The van der Waals surface area contributed by atoms with Crippen molar-refractivity contribution in [1.29, 1.82) is 0 Å². The number of benzene rings is 3. The molecule has 5 rings (SSSR count). The maximum atomic E-state index is 13.5. The number of amides is 2. The third-order valence-electron chi connectivity index (χ3n) is 7.98. The van der Waals surface area contributed by atoms with Crippen LogP contribution < -0.4 is 16.0 Å². The van der Waals surface area contributed by atoms with Crippen LogP contribution in [-0.2, 0) is 11.3 Å². The molecule has 1 saturated carbocycles. The summed E-state index contributed by atoms with van der Waals surface area (Å²) in [5.74, 6) is 0.434. The van der Waals surface area contributed by atoms with E-state index in [1.807, 2.05) is 17.0 Å². The second-order valence-corrected chi connectivity index (χ2v) is 11.2. The molecule has 1 heterocycles. The van der Waals surface area contributed by atoms with E-state index in [-0.39, 0.29) is 23.5 Å². The summed E-state index contributed by atoms with van der Waals surface area (Å²) in [5, 5.41) is 3.10. The van der Waals surface area contributed by atoms with Crippen molar-refractivity contribution in [1.82, 2.24) is 4.90 Å². The molecule has 1 aliphatic carbocycles. The highest BCUT2D eigenvalue weighted by Crippen LogP contribution is 2.35. The van der Waals surface area contributed by atoms with Gasteiger partial charge in [0.25, 0.3) is 5.91 Å². The normalized spacial score (nSPS) is 15.6. The molecule has 2 aliphatic rings. The fourth-order valence-corrected chi connectivity index (χ4v) is 5.34. The molecular weight excluding hydrogens is 503 g/mol. The Morgan fingerprint density at radius 1 is 0.975 bits per heavy atom. The lowest BCUT2D eigenvalue weighted by molar-refractivity contribution is -0.133. The number of piperidine rings is 1. The van der Waals surface area contributed by atoms with Gasteiger partial charge in [-0.15, -0.1) is 0 Å². The van der Waals surface area contributed by atoms with Gasteiger partial charge in [0.15, 0.2) is 0 Å². The highest BCUT2D eigenvalue weighted by Gasteiger charge is 2.33. The lowest BCUT2D eigenvalue weighted by Gasteiger charge is -2.33. The third kappa shape index (κ3) is 6.89. The highest BCUT2D eigenvalue weighted by molar-refractivity contribution is 6.06. The number of nitrogens with one attached hydrogen (secondary N) is 1. The van der Waals surface area contributed by atoms with Crippen LogP contribution in [0.25, 0.3) is 11.1 Å². The molecule has 40 heavy (non-hydrogen) atoms. The fourth-order valence-electron chi connectivity index (χ4n) is 5.34. The van der Waals surface area contributed by atoms with Crippen molar-refractivity contribution in [2.24, 2.45) is 17.6 Å². The number of carbonyl (C=O) groups excluding carboxylic acids is 2. The SMILES string of the molecule is CC1CCN(c2ccc(-c3cccc(CN(CCCN)C(=O)C4CC4)c3)cc2NC(=O)c2ccc(F)cc2)CC1. The summed E-state index contributed by atoms with van der Waals surface area (Å²) >= 11 is 0. The topological polar surface area (TPSA) is 78.7 Å². The molecule has 1 aliphatic heterocycles. The molecule has 0 spiro atoms. The minimum atomic E-state index is -0.373. The first-order chi connectivity index (χ1) is 19.4. The Bertz CT molecular complexity index is 1330. The average Bonchev–Trinajstić information content (AvgIpc) is 3.82. The van der Waals surface area contributed by atoms with E-state index in [1.54, 1.807) is 0 Å². The molecule has 3 aromatic rings. The van der Waals surface area contributed by atoms with Crippen LogP contribution in [0.2, 0.25) is 0 Å². The first-order valence-corrected chi connectivity index (χ1v) is 14.5. The summed E-state index contributed by atoms with van der Waals surface area (Å²) in [7, 11) is 0. The van der Waals surface area contributed by atoms with Crippen LogP contribution >= 0.6 is 0 Å². The molecule has 0 bridgehead atoms. The summed E-state index contributed by atoms with van der Waals surface area (Å²) in [6.45, 7) is 5.93. The van der Waals surface area contributed by atoms with E-state index in [1.165, 1.54) is 24.3 Å². The minimum Gasteiger partial charge on any atom is -0.370 e. The van der Waals surface area contributed by atoms with E-state index < -0.39 is 0 Å². The van der Waals surface area contributed by atoms with Crippen molar-refractivity contribution < 1.29 is 14.0 Å². The smallest absolute Gasteiger partial charge is 0.255 e. The molecule has 0 atom stereocenters. The van der Waals surface area contributed by atoms with Gasteiger partial charge in [0.1, 0.15) is 5.82 Å². The summed E-state index contributed by atoms with van der Waals surface area (Å²) in [6, 6.07) is 20.1. The molecule has 2 amide bonds. The first-order valence-electron chi connectivity index (χ1n) is 14.5. The van der Waals surface area contributed by atoms with Crippen LogP contribution in [0.3, 0.4) is 0 Å². The van der Waals surface area contributed by atoms with Gasteiger partial charge in [0, 0.05) is 37.7 Å². The van der Waals surface area contributed by atoms with Gasteiger partial charge >= 0.3 is 0 Å². The van der Waals surface area contributed by atoms with Gasteiger partial charge in [-0.2, -0.15) is 0 Å². The summed E-state index contributed by atoms with van der Waals surface area (Å²) in [5.41, 5.74) is 10.9. The predicted octanol–water partition coefficient (Wildman–Crippen LogP) is 6.07. The van der Waals surface area contributed by atoms with Gasteiger partial charge in [-0.3, -0.25) is 9.59 Å². The molecule has 2 fully saturated rings. The Morgan fingerprint density at radius 2 is 1.70 bits per heavy atom. The largest absolute Gasteiger partial charge is 0.370 e. The maximum absolute atomic E-state index is 13.5. The predicted molar refractivity (Wildman–Crippen MR) is 159 cm³/mol. The minimum absolute atomic E-state index is 0.165. The fraction of sp³-hybridized carbons (Fsp3) is 0.394. The zero-order valence-electron chi connectivity index (χ0n) is 23.2. The van der Waals surface area contributed by atoms with Gasteiger partial charge in [-0.25, -0.2) is 4.39 Å². The number of hydrogen-bond donors (Lipinski definition) is 2. The van der Waals surface area contributed by atoms with E-state index in [0.29, 0.717) is 31.1 Å². The van der Waals surface area contributed by atoms with Gasteiger partial charge < -0.3 is 20.9 Å². The number of anilines is 2. The number of rotatable bonds is 10. The van der Waals surface area contributed by atoms with Gasteiger partial charge in [-0.05, 0) is 104 Å². The molecule has 7 heteroatoms. The molecule has 0 radical (unpaired) electrons. The standard InChI is InChI=1S/C33H39FN4O2/c1-23-14-18-37(19-15-23)31-13-10-28(21-30(31)36-32(39)25-8-11-29(34)12-9-25)27-5-2-4-24(20-27)22-38(17-3-16-35)33(40)26-6-7-26/h2,4-5,8-13,20-21,23,26H,3,6-7,14-19,22,35H2,1H3,(H,36,39). The van der Waals surface area contributed by atoms with Gasteiger partial charge in [0.2, 0.25) is 5.91 Å². The lowest BCUT2D eigenvalue weighted by atomic mass is 9.97. The van der Waals surface area contributed by atoms with Crippen LogP contribution in [0.1, 0.15) is 54.9 Å². The van der Waals surface area contributed by atoms with Crippen LogP contribution in [0.15, 0.2) is 66.7 Å². The summed E-state index contributed by atoms with van der Waals surface area (Å²) in [6.07, 6.45) is 4.95. The average molecular weight is 543 g/mol. The summed E-state index contributed by atoms with van der Waals surface area (Å²) < 4.78 is 13.5. The molecule has 210 valence electrons. The van der Waals surface area contributed by atoms with Crippen LogP contribution in [0.4, 0.5) is 15.8 Å². The second kappa shape index (κ2) is 12.6. The molecule has 6 nitrogen and oxygen atoms in total. The molecular formula is C33H39FN4O2. The Balaban J connectivity index is 1.42. The molecule has 0 aromatic heterocycles. The second-order valence-electron chi connectivity index (χ2n) is 11.2. The number of nitrogens with zero attached hydrogens (tertiary/aromatic N) is 2. The monoisotopic (exact) mass is 542 g/mol. The number of hydrogen-bond acceptors (Lipinski definition) is 4. The Morgan fingerprint density at radius 3 is 2.40 bits per heavy atom. The van der Waals surface area contributed by atoms with Crippen molar-refractivity contribution in [3.8, 4) is 11.1 Å². The zero-order valence-corrected chi connectivity index (χ0v) is 23.2. The van der Waals surface area contributed by atoms with Gasteiger partial charge in [0.05, 0.1) is 11.4 Å². The molecule has 3 N–H and O–H groups in total. The molecule has 1 saturated heterocycles. The third-order valence-corrected chi connectivity index (χ3v) is 7.98. The number of nitrogens with two attached hydrogens (primary N) is 1. The van der Waals surface area contributed by atoms with Crippen molar-refractivity contribution in [2.75, 3.05) is 36.4 Å². The molecule has 0 unspecified atom stereocenters. The number of carbonyl (C=O) groups is 2. The van der Waals surface area contributed by atoms with Crippen LogP contribution in [0, 0.1) is 17.7 Å². The van der Waals surface area contributed by atoms with E-state index in [2.05, 4.69) is 47.5 Å². The molecule has 3 aromatic carbocycles. The van der Waals surface area contributed by atoms with Crippen molar-refractivity contribution >= 4 is 23.2 Å². The Kier molecular flexibility index (Phi) is 8.80. The maximum Gasteiger partial charge on any atom is 0.255 e. The lowest BCUT2D eigenvalue weighted by Crippen LogP contribution is -2.33. The summed E-state index contributed by atoms with van der Waals surface area (Å²) in [4.78, 5) is 30.3. The zero-order chi connectivity index (χ0) is 28.1. The first kappa shape index (κ1) is 27.8. The van der Waals surface area contributed by atoms with Crippen molar-refractivity contribution in [2.45, 2.75) is 45.6 Å². The van der Waals surface area contributed by atoms with Crippen molar-refractivity contribution in [3.63, 3.8) is 0 Å². The van der Waals surface area contributed by atoms with Crippen LogP contribution in [0.5, 0.6) is 0 Å². The van der Waals surface area contributed by atoms with E-state index in [0.717, 1.165) is 73.3 Å². The Hall–Kier alpha value is -3.71. The van der Waals surface area contributed by atoms with Crippen molar-refractivity contribution in [3.05, 3.63) is 83.7 Å². The van der Waals surface area contributed by atoms with E-state index in [4.69, 9.17) is 5.73 Å². The van der Waals surface area contributed by atoms with Gasteiger partial charge in [-0.1, -0.05) is 31.2 Å². The highest BCUT2D eigenvalue weighted by atomic mass is 19.1. The number of halogens is 1. The van der Waals surface area contributed by atoms with E-state index in [9.17, 15) is 14.0 Å². The quantitative estimate of drug-likeness (QED) is 0.326. The van der Waals surface area contributed by atoms with E-state index >= 15 is 0 Å². The Labute approximate surface area is 236 Å².